The number of anilines is 1. The summed E-state index contributed by atoms with van der Waals surface area (Å²) in [6.07, 6.45) is 0. The number of rotatable bonds is 3. The zero-order chi connectivity index (χ0) is 15.4. The van der Waals surface area contributed by atoms with Crippen LogP contribution >= 0.6 is 12.2 Å². The predicted octanol–water partition coefficient (Wildman–Crippen LogP) is 4.49. The molecule has 0 saturated carbocycles. The van der Waals surface area contributed by atoms with Crippen molar-refractivity contribution in [1.29, 1.82) is 0 Å². The van der Waals surface area contributed by atoms with Crippen molar-refractivity contribution in [3.63, 3.8) is 0 Å². The quantitative estimate of drug-likeness (QED) is 0.817. The van der Waals surface area contributed by atoms with Crippen LogP contribution in [0, 0.1) is 19.7 Å². The average molecular weight is 302 g/mol. The molecular formula is C17H19FN2S. The molecule has 0 spiro atoms. The van der Waals surface area contributed by atoms with Gasteiger partial charge in [-0.05, 0) is 62.3 Å². The summed E-state index contributed by atoms with van der Waals surface area (Å²) in [5.74, 6) is -0.234. The Bertz CT molecular complexity index is 638. The maximum Gasteiger partial charge on any atom is 0.171 e. The van der Waals surface area contributed by atoms with E-state index in [1.165, 1.54) is 17.7 Å². The van der Waals surface area contributed by atoms with Crippen molar-refractivity contribution >= 4 is 23.0 Å². The second-order valence-corrected chi connectivity index (χ2v) is 5.60. The number of benzene rings is 2. The number of nitrogens with one attached hydrogen (secondary N) is 2. The molecule has 0 saturated heterocycles. The molecule has 1 atom stereocenters. The Morgan fingerprint density at radius 3 is 2.38 bits per heavy atom. The maximum atomic E-state index is 12.9. The predicted molar refractivity (Wildman–Crippen MR) is 90.1 cm³/mol. The van der Waals surface area contributed by atoms with E-state index in [-0.39, 0.29) is 11.9 Å². The van der Waals surface area contributed by atoms with E-state index in [1.54, 1.807) is 12.1 Å². The molecule has 0 aliphatic carbocycles. The molecule has 0 aliphatic heterocycles. The average Bonchev–Trinajstić information content (AvgIpc) is 2.42. The van der Waals surface area contributed by atoms with Gasteiger partial charge in [-0.25, -0.2) is 4.39 Å². The molecule has 0 unspecified atom stereocenters. The van der Waals surface area contributed by atoms with Gasteiger partial charge in [0.25, 0.3) is 0 Å². The molecule has 2 aromatic carbocycles. The minimum atomic E-state index is -0.234. The highest BCUT2D eigenvalue weighted by Crippen LogP contribution is 2.17. The van der Waals surface area contributed by atoms with Crippen LogP contribution in [0.25, 0.3) is 0 Å². The molecule has 110 valence electrons. The molecule has 21 heavy (non-hydrogen) atoms. The lowest BCUT2D eigenvalue weighted by Crippen LogP contribution is -2.31. The first kappa shape index (κ1) is 15.4. The van der Waals surface area contributed by atoms with E-state index in [4.69, 9.17) is 12.2 Å². The zero-order valence-electron chi connectivity index (χ0n) is 12.4. The first-order valence-corrected chi connectivity index (χ1v) is 7.27. The molecule has 0 amide bonds. The van der Waals surface area contributed by atoms with Crippen molar-refractivity contribution in [1.82, 2.24) is 5.32 Å². The van der Waals surface area contributed by atoms with Crippen LogP contribution in [-0.2, 0) is 0 Å². The zero-order valence-corrected chi connectivity index (χ0v) is 13.2. The molecule has 0 aliphatic rings. The minimum Gasteiger partial charge on any atom is -0.356 e. The van der Waals surface area contributed by atoms with E-state index in [2.05, 4.69) is 23.6 Å². The first-order valence-electron chi connectivity index (χ1n) is 6.86. The lowest BCUT2D eigenvalue weighted by Gasteiger charge is -2.18. The van der Waals surface area contributed by atoms with Crippen LogP contribution in [-0.4, -0.2) is 5.11 Å². The molecule has 2 nitrogen and oxygen atoms in total. The van der Waals surface area contributed by atoms with Gasteiger partial charge in [0, 0.05) is 5.69 Å². The summed E-state index contributed by atoms with van der Waals surface area (Å²) >= 11 is 5.33. The summed E-state index contributed by atoms with van der Waals surface area (Å²) in [5, 5.41) is 6.95. The van der Waals surface area contributed by atoms with Crippen molar-refractivity contribution in [3.05, 3.63) is 65.0 Å². The third-order valence-electron chi connectivity index (χ3n) is 3.35. The second-order valence-electron chi connectivity index (χ2n) is 5.19. The van der Waals surface area contributed by atoms with Gasteiger partial charge in [-0.15, -0.1) is 0 Å². The van der Waals surface area contributed by atoms with Gasteiger partial charge < -0.3 is 10.6 Å². The maximum absolute atomic E-state index is 12.9. The number of hydrogen-bond acceptors (Lipinski definition) is 1. The van der Waals surface area contributed by atoms with E-state index in [0.717, 1.165) is 16.8 Å². The van der Waals surface area contributed by atoms with Crippen LogP contribution in [0.1, 0.15) is 29.7 Å². The van der Waals surface area contributed by atoms with Gasteiger partial charge in [-0.1, -0.05) is 29.8 Å². The van der Waals surface area contributed by atoms with Crippen LogP contribution < -0.4 is 10.6 Å². The smallest absolute Gasteiger partial charge is 0.171 e. The second kappa shape index (κ2) is 6.68. The van der Waals surface area contributed by atoms with E-state index in [1.807, 2.05) is 26.0 Å². The summed E-state index contributed by atoms with van der Waals surface area (Å²) < 4.78 is 12.9. The highest BCUT2D eigenvalue weighted by atomic mass is 32.1. The van der Waals surface area contributed by atoms with Gasteiger partial charge in [0.15, 0.2) is 5.11 Å². The summed E-state index contributed by atoms with van der Waals surface area (Å²) in [6, 6.07) is 12.6. The summed E-state index contributed by atoms with van der Waals surface area (Å²) in [4.78, 5) is 0. The highest BCUT2D eigenvalue weighted by Gasteiger charge is 2.08. The van der Waals surface area contributed by atoms with E-state index < -0.39 is 0 Å². The fourth-order valence-corrected chi connectivity index (χ4v) is 2.43. The lowest BCUT2D eigenvalue weighted by molar-refractivity contribution is 0.624. The van der Waals surface area contributed by atoms with E-state index in [9.17, 15) is 4.39 Å². The molecule has 0 fully saturated rings. The lowest BCUT2D eigenvalue weighted by atomic mass is 10.1. The Balaban J connectivity index is 1.99. The monoisotopic (exact) mass is 302 g/mol. The summed E-state index contributed by atoms with van der Waals surface area (Å²) in [5.41, 5.74) is 4.34. The fourth-order valence-electron chi connectivity index (χ4n) is 2.14. The van der Waals surface area contributed by atoms with Crippen LogP contribution in [0.15, 0.2) is 42.5 Å². The molecule has 2 aromatic rings. The molecular weight excluding hydrogens is 283 g/mol. The van der Waals surface area contributed by atoms with Crippen LogP contribution in [0.5, 0.6) is 0 Å². The van der Waals surface area contributed by atoms with Crippen molar-refractivity contribution in [2.24, 2.45) is 0 Å². The molecule has 0 aromatic heterocycles. The Hall–Kier alpha value is -1.94. The van der Waals surface area contributed by atoms with Gasteiger partial charge in [0.2, 0.25) is 0 Å². The number of halogens is 1. The first-order chi connectivity index (χ1) is 9.95. The van der Waals surface area contributed by atoms with Crippen molar-refractivity contribution in [2.45, 2.75) is 26.8 Å². The topological polar surface area (TPSA) is 24.1 Å². The number of thiocarbonyl (C=S) groups is 1. The van der Waals surface area contributed by atoms with E-state index >= 15 is 0 Å². The van der Waals surface area contributed by atoms with Gasteiger partial charge in [-0.3, -0.25) is 0 Å². The van der Waals surface area contributed by atoms with Crippen molar-refractivity contribution in [2.75, 3.05) is 5.32 Å². The van der Waals surface area contributed by atoms with E-state index in [0.29, 0.717) is 5.11 Å². The summed E-state index contributed by atoms with van der Waals surface area (Å²) in [6.45, 7) is 6.09. The van der Waals surface area contributed by atoms with Gasteiger partial charge in [-0.2, -0.15) is 0 Å². The molecule has 0 heterocycles. The number of aryl methyl sites for hydroxylation is 2. The Morgan fingerprint density at radius 2 is 1.76 bits per heavy atom. The van der Waals surface area contributed by atoms with Crippen molar-refractivity contribution in [3.8, 4) is 0 Å². The standard InChI is InChI=1S/C17H19FN2S/c1-11-4-9-16(12(2)10-11)20-17(21)19-13(3)14-5-7-15(18)8-6-14/h4-10,13H,1-3H3,(H2,19,20,21)/t13-/m0/s1. The molecule has 2 rings (SSSR count). The highest BCUT2D eigenvalue weighted by molar-refractivity contribution is 7.80. The number of hydrogen-bond donors (Lipinski definition) is 2. The van der Waals surface area contributed by atoms with Gasteiger partial charge in [0.05, 0.1) is 6.04 Å². The molecule has 0 radical (unpaired) electrons. The fraction of sp³-hybridized carbons (Fsp3) is 0.235. The van der Waals surface area contributed by atoms with Crippen LogP contribution in [0.2, 0.25) is 0 Å². The van der Waals surface area contributed by atoms with Gasteiger partial charge in [0.1, 0.15) is 5.82 Å². The normalized spacial score (nSPS) is 11.8. The third kappa shape index (κ3) is 4.26. The molecule has 4 heteroatoms. The Kier molecular flexibility index (Phi) is 4.91. The Morgan fingerprint density at radius 1 is 1.10 bits per heavy atom. The van der Waals surface area contributed by atoms with Crippen molar-refractivity contribution < 1.29 is 4.39 Å². The van der Waals surface area contributed by atoms with Gasteiger partial charge >= 0.3 is 0 Å². The summed E-state index contributed by atoms with van der Waals surface area (Å²) in [7, 11) is 0. The largest absolute Gasteiger partial charge is 0.356 e. The van der Waals surface area contributed by atoms with Crippen LogP contribution in [0.3, 0.4) is 0 Å². The minimum absolute atomic E-state index is 0.0105. The molecule has 0 bridgehead atoms. The third-order valence-corrected chi connectivity index (χ3v) is 3.57. The Labute approximate surface area is 130 Å². The van der Waals surface area contributed by atoms with Crippen LogP contribution in [0.4, 0.5) is 10.1 Å². The molecule has 2 N–H and O–H groups in total. The SMILES string of the molecule is Cc1ccc(NC(=S)N[C@@H](C)c2ccc(F)cc2)c(C)c1.